The van der Waals surface area contributed by atoms with Crippen molar-refractivity contribution in [3.8, 4) is 0 Å². The zero-order valence-electron chi connectivity index (χ0n) is 11.2. The highest BCUT2D eigenvalue weighted by molar-refractivity contribution is 7.89. The molecule has 1 unspecified atom stereocenters. The highest BCUT2D eigenvalue weighted by Gasteiger charge is 2.24. The molecule has 0 heterocycles. The maximum absolute atomic E-state index is 13.4. The summed E-state index contributed by atoms with van der Waals surface area (Å²) < 4.78 is 44.2. The Kier molecular flexibility index (Phi) is 6.05. The van der Waals surface area contributed by atoms with Crippen molar-refractivity contribution in [1.29, 1.82) is 0 Å². The van der Waals surface area contributed by atoms with E-state index in [9.17, 15) is 17.6 Å². The molecule has 112 valence electrons. The van der Waals surface area contributed by atoms with Crippen LogP contribution in [0.3, 0.4) is 0 Å². The summed E-state index contributed by atoms with van der Waals surface area (Å²) in [5.74, 6) is -1.38. The number of carbonyl (C=O) groups excluding carboxylic acids is 1. The second-order valence-electron chi connectivity index (χ2n) is 4.06. The molecule has 1 aromatic rings. The van der Waals surface area contributed by atoms with Gasteiger partial charge in [0.2, 0.25) is 15.9 Å². The number of hydrogen-bond donors (Lipinski definition) is 2. The molecule has 0 bridgehead atoms. The molecule has 1 rings (SSSR count). The number of ether oxygens (including phenoxy) is 1. The molecule has 0 aliphatic rings. The second-order valence-corrected chi connectivity index (χ2v) is 5.74. The van der Waals surface area contributed by atoms with E-state index in [0.29, 0.717) is 6.61 Å². The first-order valence-corrected chi connectivity index (χ1v) is 7.40. The molecule has 0 aromatic heterocycles. The summed E-state index contributed by atoms with van der Waals surface area (Å²) in [5.41, 5.74) is 0. The number of amides is 1. The molecule has 20 heavy (non-hydrogen) atoms. The van der Waals surface area contributed by atoms with Crippen LogP contribution in [-0.2, 0) is 19.6 Å². The molecule has 0 fully saturated rings. The fourth-order valence-electron chi connectivity index (χ4n) is 1.44. The maximum atomic E-state index is 13.4. The van der Waals surface area contributed by atoms with Gasteiger partial charge in [0.25, 0.3) is 0 Å². The monoisotopic (exact) mass is 304 g/mol. The van der Waals surface area contributed by atoms with Gasteiger partial charge in [-0.2, -0.15) is 4.72 Å². The molecule has 0 saturated heterocycles. The zero-order chi connectivity index (χ0) is 15.2. The molecule has 2 N–H and O–H groups in total. The van der Waals surface area contributed by atoms with Crippen LogP contribution in [0.4, 0.5) is 4.39 Å². The maximum Gasteiger partial charge on any atom is 0.244 e. The number of halogens is 1. The Balaban J connectivity index is 2.72. The lowest BCUT2D eigenvalue weighted by molar-refractivity contribution is -0.122. The van der Waals surface area contributed by atoms with Gasteiger partial charge in [0.15, 0.2) is 0 Å². The molecule has 0 saturated carbocycles. The summed E-state index contributed by atoms with van der Waals surface area (Å²) in [6.45, 7) is 1.96. The van der Waals surface area contributed by atoms with Crippen LogP contribution in [0, 0.1) is 5.82 Å². The van der Waals surface area contributed by atoms with Crippen LogP contribution in [0.1, 0.15) is 6.92 Å². The topological polar surface area (TPSA) is 84.5 Å². The first-order chi connectivity index (χ1) is 9.38. The largest absolute Gasteiger partial charge is 0.383 e. The Morgan fingerprint density at radius 3 is 2.65 bits per heavy atom. The average Bonchev–Trinajstić information content (AvgIpc) is 2.38. The summed E-state index contributed by atoms with van der Waals surface area (Å²) in [6.07, 6.45) is 0. The van der Waals surface area contributed by atoms with Gasteiger partial charge in [-0.05, 0) is 19.1 Å². The van der Waals surface area contributed by atoms with Gasteiger partial charge in [-0.1, -0.05) is 12.1 Å². The van der Waals surface area contributed by atoms with Crippen LogP contribution in [-0.4, -0.2) is 40.6 Å². The smallest absolute Gasteiger partial charge is 0.244 e. The Morgan fingerprint density at radius 2 is 2.05 bits per heavy atom. The van der Waals surface area contributed by atoms with Crippen molar-refractivity contribution < 1.29 is 22.3 Å². The summed E-state index contributed by atoms with van der Waals surface area (Å²) in [6, 6.07) is 3.94. The van der Waals surface area contributed by atoms with Crippen LogP contribution in [0.25, 0.3) is 0 Å². The Labute approximate surface area is 117 Å². The predicted octanol–water partition coefficient (Wildman–Crippen LogP) is 0.255. The minimum atomic E-state index is -4.08. The van der Waals surface area contributed by atoms with Gasteiger partial charge in [-0.25, -0.2) is 12.8 Å². The molecule has 6 nitrogen and oxygen atoms in total. The third-order valence-corrected chi connectivity index (χ3v) is 4.03. The Hall–Kier alpha value is -1.51. The fraction of sp³-hybridized carbons (Fsp3) is 0.417. The van der Waals surface area contributed by atoms with Crippen LogP contribution < -0.4 is 10.0 Å². The molecular weight excluding hydrogens is 287 g/mol. The summed E-state index contributed by atoms with van der Waals surface area (Å²) in [5, 5.41) is 2.49. The van der Waals surface area contributed by atoms with Gasteiger partial charge in [0.1, 0.15) is 10.7 Å². The fourth-order valence-corrected chi connectivity index (χ4v) is 2.72. The van der Waals surface area contributed by atoms with Gasteiger partial charge in [-0.3, -0.25) is 4.79 Å². The van der Waals surface area contributed by atoms with Gasteiger partial charge in [0.05, 0.1) is 12.6 Å². The number of carbonyl (C=O) groups is 1. The van der Waals surface area contributed by atoms with Crippen molar-refractivity contribution in [3.05, 3.63) is 30.1 Å². The van der Waals surface area contributed by atoms with Crippen molar-refractivity contribution in [2.75, 3.05) is 20.3 Å². The highest BCUT2D eigenvalue weighted by Crippen LogP contribution is 2.13. The quantitative estimate of drug-likeness (QED) is 0.708. The van der Waals surface area contributed by atoms with Gasteiger partial charge in [-0.15, -0.1) is 0 Å². The lowest BCUT2D eigenvalue weighted by Crippen LogP contribution is -2.45. The van der Waals surface area contributed by atoms with Crippen LogP contribution in [0.5, 0.6) is 0 Å². The van der Waals surface area contributed by atoms with E-state index in [1.54, 1.807) is 0 Å². The summed E-state index contributed by atoms with van der Waals surface area (Å²) in [7, 11) is -2.60. The van der Waals surface area contributed by atoms with Crippen molar-refractivity contribution in [2.45, 2.75) is 17.9 Å². The second kappa shape index (κ2) is 7.32. The van der Waals surface area contributed by atoms with Crippen LogP contribution in [0.15, 0.2) is 29.2 Å². The minimum Gasteiger partial charge on any atom is -0.383 e. The van der Waals surface area contributed by atoms with E-state index in [-0.39, 0.29) is 6.54 Å². The lowest BCUT2D eigenvalue weighted by Gasteiger charge is -2.14. The van der Waals surface area contributed by atoms with Crippen LogP contribution >= 0.6 is 0 Å². The first kappa shape index (κ1) is 16.5. The first-order valence-electron chi connectivity index (χ1n) is 5.92. The van der Waals surface area contributed by atoms with E-state index in [2.05, 4.69) is 10.0 Å². The molecule has 0 radical (unpaired) electrons. The van der Waals surface area contributed by atoms with Crippen molar-refractivity contribution in [2.24, 2.45) is 0 Å². The third kappa shape index (κ3) is 4.55. The van der Waals surface area contributed by atoms with E-state index in [1.165, 1.54) is 26.2 Å². The van der Waals surface area contributed by atoms with Gasteiger partial charge in [0, 0.05) is 13.7 Å². The standard InChI is InChI=1S/C12H17FN2O4S/c1-9(12(16)14-7-8-19-2)15-20(17,18)11-6-4-3-5-10(11)13/h3-6,9,15H,7-8H2,1-2H3,(H,14,16). The third-order valence-electron chi connectivity index (χ3n) is 2.46. The van der Waals surface area contributed by atoms with E-state index in [4.69, 9.17) is 4.74 Å². The summed E-state index contributed by atoms with van der Waals surface area (Å²) in [4.78, 5) is 11.1. The van der Waals surface area contributed by atoms with Crippen molar-refractivity contribution in [3.63, 3.8) is 0 Å². The molecule has 0 aliphatic heterocycles. The average molecular weight is 304 g/mol. The van der Waals surface area contributed by atoms with Crippen LogP contribution in [0.2, 0.25) is 0 Å². The SMILES string of the molecule is COCCNC(=O)C(C)NS(=O)(=O)c1ccccc1F. The van der Waals surface area contributed by atoms with Crippen molar-refractivity contribution >= 4 is 15.9 Å². The van der Waals surface area contributed by atoms with E-state index in [0.717, 1.165) is 12.1 Å². The number of sulfonamides is 1. The normalized spacial score (nSPS) is 12.9. The molecule has 8 heteroatoms. The molecular formula is C12H17FN2O4S. The predicted molar refractivity (Wildman–Crippen MR) is 71.1 cm³/mol. The van der Waals surface area contributed by atoms with E-state index in [1.807, 2.05) is 0 Å². The van der Waals surface area contributed by atoms with Gasteiger partial charge >= 0.3 is 0 Å². The molecule has 0 spiro atoms. The Bertz CT molecular complexity index is 562. The lowest BCUT2D eigenvalue weighted by atomic mass is 10.3. The molecule has 0 aliphatic carbocycles. The Morgan fingerprint density at radius 1 is 1.40 bits per heavy atom. The zero-order valence-corrected chi connectivity index (χ0v) is 12.0. The number of methoxy groups -OCH3 is 1. The van der Waals surface area contributed by atoms with E-state index >= 15 is 0 Å². The van der Waals surface area contributed by atoms with Crippen molar-refractivity contribution in [1.82, 2.24) is 10.0 Å². The minimum absolute atomic E-state index is 0.265. The summed E-state index contributed by atoms with van der Waals surface area (Å²) >= 11 is 0. The van der Waals surface area contributed by atoms with E-state index < -0.39 is 32.7 Å². The number of rotatable bonds is 7. The number of nitrogens with one attached hydrogen (secondary N) is 2. The number of hydrogen-bond acceptors (Lipinski definition) is 4. The molecule has 1 amide bonds. The molecule has 1 aromatic carbocycles. The number of benzene rings is 1. The van der Waals surface area contributed by atoms with Gasteiger partial charge < -0.3 is 10.1 Å². The molecule has 1 atom stereocenters. The highest BCUT2D eigenvalue weighted by atomic mass is 32.2.